The molecule has 0 aliphatic carbocycles. The number of anilines is 1. The molecule has 1 aliphatic heterocycles. The zero-order chi connectivity index (χ0) is 12.5. The Labute approximate surface area is 102 Å². The highest BCUT2D eigenvalue weighted by Crippen LogP contribution is 2.26. The molecular weight excluding hydrogens is 234 g/mol. The molecule has 0 radical (unpaired) electrons. The van der Waals surface area contributed by atoms with E-state index in [9.17, 15) is 4.79 Å². The summed E-state index contributed by atoms with van der Waals surface area (Å²) in [5, 5.41) is 15.8. The predicted octanol–water partition coefficient (Wildman–Crippen LogP) is 0.656. The van der Waals surface area contributed by atoms with Crippen LogP contribution in [0.25, 0.3) is 0 Å². The van der Waals surface area contributed by atoms with E-state index in [4.69, 9.17) is 5.11 Å². The van der Waals surface area contributed by atoms with Crippen molar-refractivity contribution in [2.75, 3.05) is 5.32 Å². The highest BCUT2D eigenvalue weighted by atomic mass is 16.4. The van der Waals surface area contributed by atoms with Gasteiger partial charge in [-0.2, -0.15) is 10.1 Å². The number of carboxylic acid groups (broad SMARTS) is 1. The summed E-state index contributed by atoms with van der Waals surface area (Å²) in [5.74, 6) is -0.643. The van der Waals surface area contributed by atoms with E-state index in [1.165, 1.54) is 6.33 Å². The number of aromatic nitrogens is 4. The van der Waals surface area contributed by atoms with Crippen molar-refractivity contribution in [1.82, 2.24) is 19.7 Å². The largest absolute Gasteiger partial charge is 0.477 e. The summed E-state index contributed by atoms with van der Waals surface area (Å²) in [4.78, 5) is 19.2. The van der Waals surface area contributed by atoms with Gasteiger partial charge >= 0.3 is 5.97 Å². The maximum atomic E-state index is 11.1. The van der Waals surface area contributed by atoms with Gasteiger partial charge in [-0.25, -0.2) is 9.48 Å². The van der Waals surface area contributed by atoms with E-state index in [1.54, 1.807) is 23.0 Å². The first-order chi connectivity index (χ1) is 8.75. The molecule has 3 heterocycles. The lowest BCUT2D eigenvalue weighted by Gasteiger charge is -2.21. The van der Waals surface area contributed by atoms with Crippen LogP contribution < -0.4 is 5.32 Å². The molecule has 3 rings (SSSR count). The fourth-order valence-corrected chi connectivity index (χ4v) is 1.82. The van der Waals surface area contributed by atoms with E-state index in [0.29, 0.717) is 11.6 Å². The third-order valence-corrected chi connectivity index (χ3v) is 2.63. The smallest absolute Gasteiger partial charge is 0.352 e. The first-order valence-electron chi connectivity index (χ1n) is 5.28. The van der Waals surface area contributed by atoms with Crippen LogP contribution in [0.3, 0.4) is 0 Å². The molecule has 0 spiro atoms. The second kappa shape index (κ2) is 3.95. The van der Waals surface area contributed by atoms with Crippen molar-refractivity contribution in [3.63, 3.8) is 0 Å². The molecule has 2 aromatic heterocycles. The zero-order valence-electron chi connectivity index (χ0n) is 9.19. The van der Waals surface area contributed by atoms with Crippen LogP contribution in [0.1, 0.15) is 11.7 Å². The van der Waals surface area contributed by atoms with Crippen LogP contribution in [-0.2, 0) is 4.79 Å². The highest BCUT2D eigenvalue weighted by molar-refractivity contribution is 5.90. The molecule has 2 N–H and O–H groups in total. The molecule has 1 aliphatic rings. The van der Waals surface area contributed by atoms with Crippen LogP contribution in [0.4, 0.5) is 5.95 Å². The van der Waals surface area contributed by atoms with Gasteiger partial charge in [-0.15, -0.1) is 0 Å². The molecule has 2 aromatic rings. The van der Waals surface area contributed by atoms with E-state index in [0.717, 1.165) is 0 Å². The number of aliphatic carboxylic acids is 1. The van der Waals surface area contributed by atoms with Crippen molar-refractivity contribution in [2.45, 2.75) is 6.04 Å². The topological polar surface area (TPSA) is 92.9 Å². The number of hydrogen-bond acceptors (Lipinski definition) is 5. The number of nitrogens with zero attached hydrogens (tertiary/aromatic N) is 4. The Kier molecular flexibility index (Phi) is 2.30. The maximum absolute atomic E-state index is 11.1. The number of carbonyl (C=O) groups is 1. The van der Waals surface area contributed by atoms with E-state index in [1.807, 2.05) is 12.1 Å². The lowest BCUT2D eigenvalue weighted by atomic mass is 10.1. The van der Waals surface area contributed by atoms with Gasteiger partial charge < -0.3 is 10.4 Å². The Balaban J connectivity index is 2.10. The molecule has 0 bridgehead atoms. The number of nitrogens with one attached hydrogen (secondary N) is 1. The lowest BCUT2D eigenvalue weighted by molar-refractivity contribution is -0.132. The number of fused-ring (bicyclic) bond motifs is 1. The quantitative estimate of drug-likeness (QED) is 0.804. The summed E-state index contributed by atoms with van der Waals surface area (Å²) in [6.07, 6.45) is 4.59. The molecule has 7 heteroatoms. The molecule has 7 nitrogen and oxygen atoms in total. The predicted molar refractivity (Wildman–Crippen MR) is 61.7 cm³/mol. The monoisotopic (exact) mass is 243 g/mol. The van der Waals surface area contributed by atoms with Gasteiger partial charge in [0.2, 0.25) is 5.95 Å². The van der Waals surface area contributed by atoms with Gasteiger partial charge in [0.05, 0.1) is 5.69 Å². The van der Waals surface area contributed by atoms with Crippen LogP contribution >= 0.6 is 0 Å². The van der Waals surface area contributed by atoms with Crippen molar-refractivity contribution in [3.05, 3.63) is 48.2 Å². The molecule has 0 amide bonds. The van der Waals surface area contributed by atoms with Crippen molar-refractivity contribution >= 4 is 11.9 Å². The first kappa shape index (κ1) is 10.5. The van der Waals surface area contributed by atoms with Crippen LogP contribution in [-0.4, -0.2) is 30.8 Å². The second-order valence-corrected chi connectivity index (χ2v) is 3.74. The lowest BCUT2D eigenvalue weighted by Crippen LogP contribution is -2.24. The van der Waals surface area contributed by atoms with Crippen LogP contribution in [0.15, 0.2) is 42.5 Å². The molecule has 0 saturated carbocycles. The number of rotatable bonds is 2. The van der Waals surface area contributed by atoms with Crippen molar-refractivity contribution < 1.29 is 9.90 Å². The zero-order valence-corrected chi connectivity index (χ0v) is 9.19. The number of carboxylic acids is 1. The van der Waals surface area contributed by atoms with E-state index >= 15 is 0 Å². The summed E-state index contributed by atoms with van der Waals surface area (Å²) in [5.41, 5.74) is 0.788. The van der Waals surface area contributed by atoms with Gasteiger partial charge in [0.25, 0.3) is 0 Å². The van der Waals surface area contributed by atoms with E-state index < -0.39 is 5.97 Å². The highest BCUT2D eigenvalue weighted by Gasteiger charge is 2.25. The van der Waals surface area contributed by atoms with Crippen molar-refractivity contribution in [1.29, 1.82) is 0 Å². The fourth-order valence-electron chi connectivity index (χ4n) is 1.82. The van der Waals surface area contributed by atoms with Crippen molar-refractivity contribution in [3.8, 4) is 0 Å². The molecule has 18 heavy (non-hydrogen) atoms. The van der Waals surface area contributed by atoms with Gasteiger partial charge in [-0.05, 0) is 18.2 Å². The Hall–Kier alpha value is -2.70. The second-order valence-electron chi connectivity index (χ2n) is 3.74. The van der Waals surface area contributed by atoms with Crippen LogP contribution in [0.2, 0.25) is 0 Å². The molecule has 1 atom stereocenters. The van der Waals surface area contributed by atoms with Gasteiger partial charge in [-0.3, -0.25) is 4.98 Å². The molecule has 0 aromatic carbocycles. The summed E-state index contributed by atoms with van der Waals surface area (Å²) in [6.45, 7) is 0. The summed E-state index contributed by atoms with van der Waals surface area (Å²) >= 11 is 0. The SMILES string of the molecule is O=C(O)C1=C[C@H](c2ccccn2)n2ncnc2N1. The van der Waals surface area contributed by atoms with Gasteiger partial charge in [0, 0.05) is 6.20 Å². The average molecular weight is 243 g/mol. The van der Waals surface area contributed by atoms with Gasteiger partial charge in [-0.1, -0.05) is 6.07 Å². The Bertz CT molecular complexity index is 619. The third kappa shape index (κ3) is 1.61. The van der Waals surface area contributed by atoms with Gasteiger partial charge in [0.1, 0.15) is 18.1 Å². The Morgan fingerprint density at radius 1 is 1.39 bits per heavy atom. The number of allylic oxidation sites excluding steroid dienone is 1. The summed E-state index contributed by atoms with van der Waals surface area (Å²) < 4.78 is 1.59. The Morgan fingerprint density at radius 3 is 3.00 bits per heavy atom. The average Bonchev–Trinajstić information content (AvgIpc) is 2.86. The summed E-state index contributed by atoms with van der Waals surface area (Å²) in [6, 6.07) is 5.09. The van der Waals surface area contributed by atoms with Crippen molar-refractivity contribution in [2.24, 2.45) is 0 Å². The van der Waals surface area contributed by atoms with E-state index in [-0.39, 0.29) is 11.7 Å². The van der Waals surface area contributed by atoms with Gasteiger partial charge in [0.15, 0.2) is 0 Å². The molecule has 0 unspecified atom stereocenters. The normalized spacial score (nSPS) is 17.6. The molecule has 0 fully saturated rings. The Morgan fingerprint density at radius 2 is 2.28 bits per heavy atom. The summed E-state index contributed by atoms with van der Waals surface area (Å²) in [7, 11) is 0. The fraction of sp³-hybridized carbons (Fsp3) is 0.0909. The first-order valence-corrected chi connectivity index (χ1v) is 5.28. The third-order valence-electron chi connectivity index (χ3n) is 2.63. The minimum atomic E-state index is -1.04. The molecule has 90 valence electrons. The maximum Gasteiger partial charge on any atom is 0.352 e. The van der Waals surface area contributed by atoms with E-state index in [2.05, 4.69) is 20.4 Å². The molecule has 0 saturated heterocycles. The number of pyridine rings is 1. The minimum absolute atomic E-state index is 0.0751. The van der Waals surface area contributed by atoms with Crippen LogP contribution in [0, 0.1) is 0 Å². The van der Waals surface area contributed by atoms with Crippen LogP contribution in [0.5, 0.6) is 0 Å². The molecular formula is C11H9N5O2. The number of hydrogen-bond donors (Lipinski definition) is 2. The minimum Gasteiger partial charge on any atom is -0.477 e. The standard InChI is InChI=1S/C11H9N5O2/c17-10(18)8-5-9(7-3-1-2-4-12-7)16-11(15-8)13-6-14-16/h1-6,9H,(H,17,18)(H,13,14,15)/t9-/m1/s1.